The first kappa shape index (κ1) is 15.0. The van der Waals surface area contributed by atoms with Gasteiger partial charge in [-0.2, -0.15) is 5.10 Å². The molecule has 0 bridgehead atoms. The van der Waals surface area contributed by atoms with Gasteiger partial charge in [0.05, 0.1) is 0 Å². The van der Waals surface area contributed by atoms with Crippen molar-refractivity contribution in [1.82, 2.24) is 5.43 Å². The molecular formula is C14H26N2O2. The summed E-state index contributed by atoms with van der Waals surface area (Å²) < 4.78 is 5.15. The summed E-state index contributed by atoms with van der Waals surface area (Å²) in [5.41, 5.74) is 3.34. The molecule has 18 heavy (non-hydrogen) atoms. The summed E-state index contributed by atoms with van der Waals surface area (Å²) in [6.45, 7) is 12.2. The molecule has 1 unspecified atom stereocenters. The van der Waals surface area contributed by atoms with E-state index in [0.717, 1.165) is 18.6 Å². The van der Waals surface area contributed by atoms with Crippen LogP contribution in [0.4, 0.5) is 4.79 Å². The van der Waals surface area contributed by atoms with E-state index in [4.69, 9.17) is 4.74 Å². The molecule has 1 fully saturated rings. The highest BCUT2D eigenvalue weighted by molar-refractivity contribution is 5.86. The number of nitrogens with one attached hydrogen (secondary N) is 1. The highest BCUT2D eigenvalue weighted by Gasteiger charge is 2.29. The zero-order chi connectivity index (χ0) is 14.0. The quantitative estimate of drug-likeness (QED) is 0.725. The van der Waals surface area contributed by atoms with Gasteiger partial charge in [0.15, 0.2) is 0 Å². The van der Waals surface area contributed by atoms with Crippen LogP contribution < -0.4 is 5.43 Å². The van der Waals surface area contributed by atoms with Crippen molar-refractivity contribution >= 4 is 11.8 Å². The van der Waals surface area contributed by atoms with Gasteiger partial charge in [-0.05, 0) is 51.4 Å². The minimum Gasteiger partial charge on any atom is -0.443 e. The second-order valence-electron chi connectivity index (χ2n) is 7.15. The second-order valence-corrected chi connectivity index (χ2v) is 7.15. The van der Waals surface area contributed by atoms with E-state index >= 15 is 0 Å². The summed E-state index contributed by atoms with van der Waals surface area (Å²) >= 11 is 0. The van der Waals surface area contributed by atoms with Gasteiger partial charge in [-0.15, -0.1) is 0 Å². The van der Waals surface area contributed by atoms with Gasteiger partial charge >= 0.3 is 6.09 Å². The molecule has 0 aromatic carbocycles. The fourth-order valence-electron chi connectivity index (χ4n) is 2.63. The lowest BCUT2D eigenvalue weighted by Gasteiger charge is -2.34. The van der Waals surface area contributed by atoms with E-state index < -0.39 is 11.7 Å². The fraction of sp³-hybridized carbons (Fsp3) is 0.857. The number of nitrogens with zero attached hydrogens (tertiary/aromatic N) is 1. The molecule has 0 aromatic heterocycles. The average molecular weight is 254 g/mol. The Balaban J connectivity index is 2.54. The topological polar surface area (TPSA) is 50.7 Å². The van der Waals surface area contributed by atoms with Crippen LogP contribution in [-0.4, -0.2) is 17.4 Å². The number of amides is 1. The second kappa shape index (κ2) is 5.29. The molecule has 0 saturated heterocycles. The molecule has 104 valence electrons. The minimum atomic E-state index is -0.483. The number of hydrazone groups is 1. The summed E-state index contributed by atoms with van der Waals surface area (Å²) in [4.78, 5) is 11.5. The maximum absolute atomic E-state index is 11.5. The van der Waals surface area contributed by atoms with E-state index in [1.165, 1.54) is 6.42 Å². The van der Waals surface area contributed by atoms with Crippen molar-refractivity contribution in [3.05, 3.63) is 0 Å². The van der Waals surface area contributed by atoms with Crippen molar-refractivity contribution < 1.29 is 9.53 Å². The van der Waals surface area contributed by atoms with Gasteiger partial charge in [0, 0.05) is 5.71 Å². The number of rotatable bonds is 1. The van der Waals surface area contributed by atoms with Crippen LogP contribution in [-0.2, 0) is 4.74 Å². The van der Waals surface area contributed by atoms with Gasteiger partial charge in [-0.25, -0.2) is 10.2 Å². The van der Waals surface area contributed by atoms with Crippen LogP contribution in [0.3, 0.4) is 0 Å². The Labute approximate surface area is 110 Å². The van der Waals surface area contributed by atoms with Crippen molar-refractivity contribution in [2.45, 2.75) is 66.4 Å². The Morgan fingerprint density at radius 3 is 2.56 bits per heavy atom. The number of carbonyl (C=O) groups is 1. The lowest BCUT2D eigenvalue weighted by molar-refractivity contribution is 0.0528. The Kier molecular flexibility index (Phi) is 4.41. The zero-order valence-corrected chi connectivity index (χ0v) is 12.5. The minimum absolute atomic E-state index is 0.270. The molecule has 0 heterocycles. The molecule has 1 aliphatic rings. The first-order valence-corrected chi connectivity index (χ1v) is 6.62. The molecule has 1 rings (SSSR count). The summed E-state index contributed by atoms with van der Waals surface area (Å²) in [6.07, 6.45) is 2.62. The largest absolute Gasteiger partial charge is 0.443 e. The third-order valence-corrected chi connectivity index (χ3v) is 2.87. The van der Waals surface area contributed by atoms with Crippen LogP contribution in [0, 0.1) is 11.3 Å². The van der Waals surface area contributed by atoms with Crippen LogP contribution in [0.25, 0.3) is 0 Å². The zero-order valence-electron chi connectivity index (χ0n) is 12.5. The van der Waals surface area contributed by atoms with Gasteiger partial charge < -0.3 is 4.74 Å². The first-order chi connectivity index (χ1) is 8.07. The maximum Gasteiger partial charge on any atom is 0.428 e. The Morgan fingerprint density at radius 2 is 2.06 bits per heavy atom. The number of carbonyl (C=O) groups excluding carboxylic acids is 1. The Bertz CT molecular complexity index is 340. The van der Waals surface area contributed by atoms with Crippen LogP contribution >= 0.6 is 0 Å². The molecule has 4 nitrogen and oxygen atoms in total. The van der Waals surface area contributed by atoms with Crippen molar-refractivity contribution in [3.8, 4) is 0 Å². The van der Waals surface area contributed by atoms with E-state index in [1.807, 2.05) is 20.8 Å². The highest BCUT2D eigenvalue weighted by atomic mass is 16.6. The van der Waals surface area contributed by atoms with E-state index in [1.54, 1.807) is 0 Å². The van der Waals surface area contributed by atoms with Gasteiger partial charge in [0.2, 0.25) is 0 Å². The number of hydrogen-bond acceptors (Lipinski definition) is 3. The summed E-state index contributed by atoms with van der Waals surface area (Å²) in [5.74, 6) is 0.618. The van der Waals surface area contributed by atoms with Crippen LogP contribution in [0.1, 0.15) is 60.8 Å². The summed E-state index contributed by atoms with van der Waals surface area (Å²) in [7, 11) is 0. The number of ether oxygens (including phenoxy) is 1. The highest BCUT2D eigenvalue weighted by Crippen LogP contribution is 2.36. The molecule has 4 heteroatoms. The summed E-state index contributed by atoms with van der Waals surface area (Å²) in [6, 6.07) is 0. The smallest absolute Gasteiger partial charge is 0.428 e. The van der Waals surface area contributed by atoms with Crippen molar-refractivity contribution in [1.29, 1.82) is 0 Å². The SMILES string of the molecule is CC1C/C(=N/NC(=O)OC(C)(C)C)CC(C)(C)C1. The average Bonchev–Trinajstić information content (AvgIpc) is 2.08. The Morgan fingerprint density at radius 1 is 1.44 bits per heavy atom. The molecule has 1 saturated carbocycles. The fourth-order valence-corrected chi connectivity index (χ4v) is 2.63. The van der Waals surface area contributed by atoms with Crippen LogP contribution in [0.2, 0.25) is 0 Å². The predicted molar refractivity (Wildman–Crippen MR) is 73.6 cm³/mol. The van der Waals surface area contributed by atoms with Crippen LogP contribution in [0.15, 0.2) is 5.10 Å². The number of hydrogen-bond donors (Lipinski definition) is 1. The molecule has 0 aromatic rings. The van der Waals surface area contributed by atoms with Gasteiger partial charge in [-0.1, -0.05) is 20.8 Å². The first-order valence-electron chi connectivity index (χ1n) is 6.62. The molecule has 1 aliphatic carbocycles. The molecule has 1 N–H and O–H groups in total. The molecule has 1 atom stereocenters. The van der Waals surface area contributed by atoms with Crippen molar-refractivity contribution in [2.24, 2.45) is 16.4 Å². The van der Waals surface area contributed by atoms with Gasteiger partial charge in [0.1, 0.15) is 5.60 Å². The van der Waals surface area contributed by atoms with Crippen LogP contribution in [0.5, 0.6) is 0 Å². The van der Waals surface area contributed by atoms with Gasteiger partial charge in [-0.3, -0.25) is 0 Å². The molecule has 1 amide bonds. The van der Waals surface area contributed by atoms with Crippen molar-refractivity contribution in [2.75, 3.05) is 0 Å². The molecule has 0 aliphatic heterocycles. The lowest BCUT2D eigenvalue weighted by Crippen LogP contribution is -2.33. The molecular weight excluding hydrogens is 228 g/mol. The monoisotopic (exact) mass is 254 g/mol. The Hall–Kier alpha value is -1.06. The van der Waals surface area contributed by atoms with E-state index in [0.29, 0.717) is 5.92 Å². The third-order valence-electron chi connectivity index (χ3n) is 2.87. The summed E-state index contributed by atoms with van der Waals surface area (Å²) in [5, 5.41) is 4.21. The van der Waals surface area contributed by atoms with E-state index in [9.17, 15) is 4.79 Å². The molecule has 0 spiro atoms. The predicted octanol–water partition coefficient (Wildman–Crippen LogP) is 3.71. The standard InChI is InChI=1S/C14H26N2O2/c1-10-7-11(9-14(5,6)8-10)15-16-12(17)18-13(2,3)4/h10H,7-9H2,1-6H3,(H,16,17)/b15-11-. The normalized spacial score (nSPS) is 25.9. The lowest BCUT2D eigenvalue weighted by atomic mass is 9.72. The third kappa shape index (κ3) is 5.52. The molecule has 0 radical (unpaired) electrons. The van der Waals surface area contributed by atoms with Crippen molar-refractivity contribution in [3.63, 3.8) is 0 Å². The maximum atomic E-state index is 11.5. The van der Waals surface area contributed by atoms with Gasteiger partial charge in [0.25, 0.3) is 0 Å². The van der Waals surface area contributed by atoms with E-state index in [2.05, 4.69) is 31.3 Å². The van der Waals surface area contributed by atoms with E-state index in [-0.39, 0.29) is 5.41 Å².